The van der Waals surface area contributed by atoms with Gasteiger partial charge < -0.3 is 24.8 Å². The van der Waals surface area contributed by atoms with Crippen molar-refractivity contribution in [2.24, 2.45) is 5.92 Å². The fourth-order valence-corrected chi connectivity index (χ4v) is 5.01. The quantitative estimate of drug-likeness (QED) is 0.324. The molecule has 35 heavy (non-hydrogen) atoms. The molecule has 1 heterocycles. The molecule has 0 bridgehead atoms. The number of likely N-dealkylation sites (tertiary alicyclic amines) is 1. The summed E-state index contributed by atoms with van der Waals surface area (Å²) in [5.74, 6) is -2.04. The van der Waals surface area contributed by atoms with E-state index in [0.717, 1.165) is 12.8 Å². The first-order valence-corrected chi connectivity index (χ1v) is 12.4. The Balaban J connectivity index is 1.79. The molecule has 2 aliphatic rings. The molecule has 2 fully saturated rings. The lowest BCUT2D eigenvalue weighted by molar-refractivity contribution is -0.151. The van der Waals surface area contributed by atoms with Crippen molar-refractivity contribution in [3.05, 3.63) is 29.8 Å². The lowest BCUT2D eigenvalue weighted by atomic mass is 9.82. The van der Waals surface area contributed by atoms with Gasteiger partial charge >= 0.3 is 6.09 Å². The topological polar surface area (TPSA) is 137 Å². The average Bonchev–Trinajstić information content (AvgIpc) is 2.88. The predicted octanol–water partition coefficient (Wildman–Crippen LogP) is 2.68. The van der Waals surface area contributed by atoms with E-state index in [4.69, 9.17) is 9.47 Å². The number of nitrogens with one attached hydrogen (secondary N) is 2. The minimum absolute atomic E-state index is 0.0663. The Bertz CT molecular complexity index is 855. The number of methoxy groups -OCH3 is 1. The molecule has 0 spiro atoms. The maximum absolute atomic E-state index is 13.9. The van der Waals surface area contributed by atoms with E-state index in [2.05, 4.69) is 5.32 Å². The SMILES string of the molecule is CC[C@H](C(=O)NO)[C@H](C(=O)N1CCCC[C@@H]1OC(=O)NC1CCC(O)CC1)c1ccc(OC)cc1. The minimum Gasteiger partial charge on any atom is -0.497 e. The molecular weight excluding hydrogens is 454 g/mol. The number of aliphatic hydroxyl groups is 1. The van der Waals surface area contributed by atoms with Crippen molar-refractivity contribution in [1.29, 1.82) is 0 Å². The van der Waals surface area contributed by atoms with Crippen LogP contribution in [0.15, 0.2) is 24.3 Å². The number of nitrogens with zero attached hydrogens (tertiary/aromatic N) is 1. The summed E-state index contributed by atoms with van der Waals surface area (Å²) in [7, 11) is 1.54. The van der Waals surface area contributed by atoms with Crippen LogP contribution in [0.4, 0.5) is 4.79 Å². The van der Waals surface area contributed by atoms with Crippen LogP contribution < -0.4 is 15.5 Å². The summed E-state index contributed by atoms with van der Waals surface area (Å²) in [5.41, 5.74) is 2.30. The van der Waals surface area contributed by atoms with Gasteiger partial charge in [-0.2, -0.15) is 0 Å². The maximum atomic E-state index is 13.9. The summed E-state index contributed by atoms with van der Waals surface area (Å²) in [4.78, 5) is 40.6. The molecule has 3 atom stereocenters. The zero-order valence-corrected chi connectivity index (χ0v) is 20.4. The van der Waals surface area contributed by atoms with Gasteiger partial charge in [0.05, 0.1) is 25.0 Å². The molecule has 194 valence electrons. The number of piperidine rings is 1. The summed E-state index contributed by atoms with van der Waals surface area (Å²) < 4.78 is 10.9. The molecule has 0 aromatic heterocycles. The van der Waals surface area contributed by atoms with Crippen molar-refractivity contribution < 1.29 is 34.2 Å². The van der Waals surface area contributed by atoms with E-state index in [1.54, 1.807) is 43.8 Å². The molecule has 1 aliphatic heterocycles. The number of rotatable bonds is 8. The summed E-state index contributed by atoms with van der Waals surface area (Å²) >= 11 is 0. The number of alkyl carbamates (subject to hydrolysis) is 1. The van der Waals surface area contributed by atoms with Crippen molar-refractivity contribution in [3.8, 4) is 5.75 Å². The lowest BCUT2D eigenvalue weighted by Crippen LogP contribution is -2.51. The summed E-state index contributed by atoms with van der Waals surface area (Å²) in [6, 6.07) is 6.84. The van der Waals surface area contributed by atoms with Gasteiger partial charge in [-0.05, 0) is 62.6 Å². The van der Waals surface area contributed by atoms with Crippen molar-refractivity contribution in [2.45, 2.75) is 82.6 Å². The first kappa shape index (κ1) is 26.7. The second kappa shape index (κ2) is 12.7. The molecule has 3 amide bonds. The third-order valence-electron chi connectivity index (χ3n) is 7.02. The molecule has 1 aromatic carbocycles. The highest BCUT2D eigenvalue weighted by molar-refractivity contribution is 5.91. The first-order chi connectivity index (χ1) is 16.9. The zero-order chi connectivity index (χ0) is 25.4. The number of ether oxygens (including phenoxy) is 2. The highest BCUT2D eigenvalue weighted by atomic mass is 16.6. The van der Waals surface area contributed by atoms with Gasteiger partial charge in [0.1, 0.15) is 5.75 Å². The van der Waals surface area contributed by atoms with Gasteiger partial charge in [-0.1, -0.05) is 19.1 Å². The summed E-state index contributed by atoms with van der Waals surface area (Å²) in [5, 5.41) is 21.8. The Labute approximate surface area is 205 Å². The van der Waals surface area contributed by atoms with Gasteiger partial charge in [-0.3, -0.25) is 14.8 Å². The second-order valence-electron chi connectivity index (χ2n) is 9.28. The third kappa shape index (κ3) is 6.85. The average molecular weight is 492 g/mol. The van der Waals surface area contributed by atoms with Crippen molar-refractivity contribution in [2.75, 3.05) is 13.7 Å². The second-order valence-corrected chi connectivity index (χ2v) is 9.28. The third-order valence-corrected chi connectivity index (χ3v) is 7.02. The smallest absolute Gasteiger partial charge is 0.409 e. The number of carbonyl (C=O) groups is 3. The number of aliphatic hydroxyl groups excluding tert-OH is 1. The fraction of sp³-hybridized carbons (Fsp3) is 0.640. The lowest BCUT2D eigenvalue weighted by Gasteiger charge is -2.38. The molecule has 0 radical (unpaired) electrons. The first-order valence-electron chi connectivity index (χ1n) is 12.4. The van der Waals surface area contributed by atoms with Crippen LogP contribution in [0, 0.1) is 5.92 Å². The molecule has 10 heteroatoms. The standard InChI is InChI=1S/C25H37N3O7/c1-3-20(23(30)27-33)22(16-7-13-19(34-2)14-8-16)24(31)28-15-5-4-6-21(28)35-25(32)26-17-9-11-18(29)12-10-17/h7-8,13-14,17-18,20-22,29,33H,3-6,9-12,15H2,1-2H3,(H,26,32)(H,27,30)/t17?,18?,20-,21-,22+/m0/s1. The molecule has 1 saturated carbocycles. The fourth-order valence-electron chi connectivity index (χ4n) is 5.01. The Hall–Kier alpha value is -2.85. The van der Waals surface area contributed by atoms with Gasteiger partial charge in [0, 0.05) is 19.0 Å². The summed E-state index contributed by atoms with van der Waals surface area (Å²) in [6.45, 7) is 2.18. The van der Waals surface area contributed by atoms with E-state index >= 15 is 0 Å². The van der Waals surface area contributed by atoms with Gasteiger partial charge in [-0.15, -0.1) is 0 Å². The zero-order valence-electron chi connectivity index (χ0n) is 20.4. The number of hydrogen-bond acceptors (Lipinski definition) is 7. The van der Waals surface area contributed by atoms with E-state index in [-0.39, 0.29) is 18.1 Å². The molecule has 10 nitrogen and oxygen atoms in total. The van der Waals surface area contributed by atoms with Crippen LogP contribution in [-0.2, 0) is 14.3 Å². The Morgan fingerprint density at radius 2 is 1.77 bits per heavy atom. The van der Waals surface area contributed by atoms with Crippen LogP contribution in [0.5, 0.6) is 5.75 Å². The van der Waals surface area contributed by atoms with Gasteiger partial charge in [0.25, 0.3) is 0 Å². The normalized spacial score (nSPS) is 24.1. The molecule has 1 saturated heterocycles. The highest BCUT2D eigenvalue weighted by Gasteiger charge is 2.40. The largest absolute Gasteiger partial charge is 0.497 e. The Kier molecular flexibility index (Phi) is 9.73. The Morgan fingerprint density at radius 3 is 2.37 bits per heavy atom. The molecule has 4 N–H and O–H groups in total. The van der Waals surface area contributed by atoms with Crippen LogP contribution in [0.3, 0.4) is 0 Å². The monoisotopic (exact) mass is 491 g/mol. The van der Waals surface area contributed by atoms with E-state index in [1.807, 2.05) is 0 Å². The maximum Gasteiger partial charge on any atom is 0.409 e. The molecule has 3 rings (SSSR count). The molecule has 0 unspecified atom stereocenters. The van der Waals surface area contributed by atoms with E-state index in [0.29, 0.717) is 56.4 Å². The molecule has 1 aliphatic carbocycles. The molecule has 1 aromatic rings. The van der Waals surface area contributed by atoms with E-state index in [9.17, 15) is 24.7 Å². The van der Waals surface area contributed by atoms with Crippen LogP contribution >= 0.6 is 0 Å². The van der Waals surface area contributed by atoms with Gasteiger partial charge in [0.2, 0.25) is 11.8 Å². The van der Waals surface area contributed by atoms with Crippen LogP contribution in [0.1, 0.15) is 69.8 Å². The van der Waals surface area contributed by atoms with Crippen LogP contribution in [0.25, 0.3) is 0 Å². The number of carbonyl (C=O) groups excluding carboxylic acids is 3. The van der Waals surface area contributed by atoms with E-state index < -0.39 is 30.1 Å². The van der Waals surface area contributed by atoms with Crippen LogP contribution in [-0.4, -0.2) is 65.1 Å². The van der Waals surface area contributed by atoms with Crippen molar-refractivity contribution >= 4 is 17.9 Å². The number of benzene rings is 1. The van der Waals surface area contributed by atoms with E-state index in [1.165, 1.54) is 4.90 Å². The van der Waals surface area contributed by atoms with Crippen molar-refractivity contribution in [3.63, 3.8) is 0 Å². The number of hydrogen-bond donors (Lipinski definition) is 4. The summed E-state index contributed by atoms with van der Waals surface area (Å²) in [6.07, 6.45) is 3.34. The number of amides is 3. The van der Waals surface area contributed by atoms with Crippen molar-refractivity contribution in [1.82, 2.24) is 15.7 Å². The molecular formula is C25H37N3O7. The van der Waals surface area contributed by atoms with Gasteiger partial charge in [0.15, 0.2) is 6.23 Å². The van der Waals surface area contributed by atoms with Gasteiger partial charge in [-0.25, -0.2) is 10.3 Å². The Morgan fingerprint density at radius 1 is 1.09 bits per heavy atom. The highest BCUT2D eigenvalue weighted by Crippen LogP contribution is 2.33. The van der Waals surface area contributed by atoms with Crippen LogP contribution in [0.2, 0.25) is 0 Å². The predicted molar refractivity (Wildman–Crippen MR) is 127 cm³/mol. The minimum atomic E-state index is -0.870. The number of hydroxylamine groups is 1.